The van der Waals surface area contributed by atoms with Crippen LogP contribution in [0.2, 0.25) is 0 Å². The van der Waals surface area contributed by atoms with Crippen LogP contribution in [-0.2, 0) is 0 Å². The van der Waals surface area contributed by atoms with E-state index in [0.29, 0.717) is 0 Å². The van der Waals surface area contributed by atoms with Crippen molar-refractivity contribution in [1.29, 1.82) is 0 Å². The van der Waals surface area contributed by atoms with Gasteiger partial charge in [-0.1, -0.05) is 45.9 Å². The molecule has 0 saturated heterocycles. The lowest BCUT2D eigenvalue weighted by Crippen LogP contribution is -2.17. The Balaban J connectivity index is 0. The van der Waals surface area contributed by atoms with E-state index in [1.165, 1.54) is 18.5 Å². The van der Waals surface area contributed by atoms with E-state index in [-0.39, 0.29) is 0 Å². The van der Waals surface area contributed by atoms with Crippen molar-refractivity contribution >= 4 is 0 Å². The number of hydrogen-bond donors (Lipinski definition) is 0. The smallest absolute Gasteiger partial charge is 0.0360 e. The second-order valence-electron chi connectivity index (χ2n) is 3.10. The van der Waals surface area contributed by atoms with Crippen molar-refractivity contribution in [2.24, 2.45) is 0 Å². The van der Waals surface area contributed by atoms with Crippen molar-refractivity contribution in [1.82, 2.24) is 4.90 Å². The summed E-state index contributed by atoms with van der Waals surface area (Å²) in [5.74, 6) is 0. The lowest BCUT2D eigenvalue weighted by molar-refractivity contribution is 0.418. The molecule has 0 unspecified atom stereocenters. The molecule has 0 atom stereocenters. The van der Waals surface area contributed by atoms with Crippen LogP contribution in [0.4, 0.5) is 0 Å². The minimum Gasteiger partial charge on any atom is -0.375 e. The molecular weight excluding hydrogens is 182 g/mol. The Labute approximate surface area is 96.2 Å². The van der Waals surface area contributed by atoms with Crippen LogP contribution in [0.1, 0.15) is 40.5 Å². The minimum absolute atomic E-state index is 1.11. The van der Waals surface area contributed by atoms with Gasteiger partial charge in [-0.25, -0.2) is 0 Å². The molecule has 0 fully saturated rings. The molecule has 0 bridgehead atoms. The van der Waals surface area contributed by atoms with Gasteiger partial charge < -0.3 is 4.90 Å². The zero-order valence-electron chi connectivity index (χ0n) is 11.1. The van der Waals surface area contributed by atoms with E-state index < -0.39 is 0 Å². The average Bonchev–Trinajstić information content (AvgIpc) is 2.28. The molecule has 0 spiro atoms. The number of unbranched alkanes of at least 4 members (excludes halogenated alkanes) is 1. The van der Waals surface area contributed by atoms with Crippen molar-refractivity contribution in [3.8, 4) is 0 Å². The van der Waals surface area contributed by atoms with Gasteiger partial charge in [-0.2, -0.15) is 0 Å². The fourth-order valence-electron chi connectivity index (χ4n) is 1.13. The maximum Gasteiger partial charge on any atom is 0.0360 e. The number of hydrogen-bond acceptors (Lipinski definition) is 1. The van der Waals surface area contributed by atoms with Crippen LogP contribution in [0.5, 0.6) is 0 Å². The highest BCUT2D eigenvalue weighted by Crippen LogP contribution is 2.05. The maximum absolute atomic E-state index is 3.71. The second kappa shape index (κ2) is 13.0. The molecule has 0 aliphatic rings. The van der Waals surface area contributed by atoms with Crippen LogP contribution >= 0.6 is 0 Å². The SMILES string of the molecule is C=C/C=C(\C=C/C)N(C)CCCC.CC. The van der Waals surface area contributed by atoms with Crippen LogP contribution in [0.3, 0.4) is 0 Å². The fraction of sp³-hybridized carbons (Fsp3) is 0.571. The molecule has 0 amide bonds. The molecule has 15 heavy (non-hydrogen) atoms. The maximum atomic E-state index is 3.71. The molecule has 0 aliphatic heterocycles. The Bertz CT molecular complexity index is 190. The van der Waals surface area contributed by atoms with Crippen LogP contribution in [-0.4, -0.2) is 18.5 Å². The number of likely N-dealkylation sites (N-methyl/N-ethyl adjacent to an activating group) is 1. The third-order valence-electron chi connectivity index (χ3n) is 1.91. The van der Waals surface area contributed by atoms with Crippen molar-refractivity contribution in [3.63, 3.8) is 0 Å². The first-order chi connectivity index (χ1) is 7.26. The predicted octanol–water partition coefficient (Wildman–Crippen LogP) is 4.39. The summed E-state index contributed by atoms with van der Waals surface area (Å²) in [5.41, 5.74) is 1.23. The Kier molecular flexibility index (Phi) is 14.3. The van der Waals surface area contributed by atoms with Gasteiger partial charge in [0.25, 0.3) is 0 Å². The van der Waals surface area contributed by atoms with Crippen molar-refractivity contribution in [2.75, 3.05) is 13.6 Å². The van der Waals surface area contributed by atoms with E-state index >= 15 is 0 Å². The normalized spacial score (nSPS) is 10.9. The van der Waals surface area contributed by atoms with Gasteiger partial charge in [0.1, 0.15) is 0 Å². The number of nitrogens with zero attached hydrogens (tertiary/aromatic N) is 1. The topological polar surface area (TPSA) is 3.24 Å². The van der Waals surface area contributed by atoms with Gasteiger partial charge in [0, 0.05) is 19.3 Å². The van der Waals surface area contributed by atoms with Crippen molar-refractivity contribution in [3.05, 3.63) is 36.6 Å². The predicted molar refractivity (Wildman–Crippen MR) is 72.0 cm³/mol. The minimum atomic E-state index is 1.11. The van der Waals surface area contributed by atoms with Crippen LogP contribution in [0.25, 0.3) is 0 Å². The third kappa shape index (κ3) is 9.33. The van der Waals surface area contributed by atoms with E-state index in [9.17, 15) is 0 Å². The van der Waals surface area contributed by atoms with Crippen LogP contribution in [0.15, 0.2) is 36.6 Å². The molecule has 88 valence electrons. The summed E-state index contributed by atoms with van der Waals surface area (Å²) in [6, 6.07) is 0. The summed E-state index contributed by atoms with van der Waals surface area (Å²) in [6.07, 6.45) is 10.5. The van der Waals surface area contributed by atoms with Gasteiger partial charge in [-0.05, 0) is 25.5 Å². The van der Waals surface area contributed by atoms with E-state index in [1.807, 2.05) is 32.9 Å². The number of rotatable bonds is 6. The summed E-state index contributed by atoms with van der Waals surface area (Å²) in [4.78, 5) is 2.26. The highest BCUT2D eigenvalue weighted by atomic mass is 15.1. The molecule has 0 saturated carbocycles. The molecule has 0 aromatic rings. The second-order valence-corrected chi connectivity index (χ2v) is 3.10. The first kappa shape index (κ1) is 16.4. The Morgan fingerprint density at radius 3 is 2.33 bits per heavy atom. The molecular formula is C14H27N. The molecule has 0 heterocycles. The average molecular weight is 209 g/mol. The summed E-state index contributed by atoms with van der Waals surface area (Å²) < 4.78 is 0. The molecule has 0 radical (unpaired) electrons. The largest absolute Gasteiger partial charge is 0.375 e. The lowest BCUT2D eigenvalue weighted by atomic mass is 10.2. The van der Waals surface area contributed by atoms with Gasteiger partial charge in [-0.15, -0.1) is 0 Å². The highest BCUT2D eigenvalue weighted by Gasteiger charge is 1.97. The Morgan fingerprint density at radius 2 is 1.93 bits per heavy atom. The zero-order chi connectivity index (χ0) is 12.1. The quantitative estimate of drug-likeness (QED) is 0.586. The molecule has 0 N–H and O–H groups in total. The summed E-state index contributed by atoms with van der Waals surface area (Å²) in [7, 11) is 2.12. The summed E-state index contributed by atoms with van der Waals surface area (Å²) in [5, 5.41) is 0. The summed E-state index contributed by atoms with van der Waals surface area (Å²) >= 11 is 0. The monoisotopic (exact) mass is 209 g/mol. The van der Waals surface area contributed by atoms with Gasteiger partial charge in [0.2, 0.25) is 0 Å². The molecule has 1 nitrogen and oxygen atoms in total. The first-order valence-electron chi connectivity index (χ1n) is 5.92. The van der Waals surface area contributed by atoms with Gasteiger partial charge in [-0.3, -0.25) is 0 Å². The summed E-state index contributed by atoms with van der Waals surface area (Å²) in [6.45, 7) is 13.1. The Hall–Kier alpha value is -0.980. The number of allylic oxidation sites excluding steroid dienone is 4. The lowest BCUT2D eigenvalue weighted by Gasteiger charge is -2.19. The molecule has 0 aromatic heterocycles. The van der Waals surface area contributed by atoms with Crippen LogP contribution < -0.4 is 0 Å². The highest BCUT2D eigenvalue weighted by molar-refractivity contribution is 5.21. The van der Waals surface area contributed by atoms with E-state index in [0.717, 1.165) is 6.54 Å². The van der Waals surface area contributed by atoms with E-state index in [4.69, 9.17) is 0 Å². The van der Waals surface area contributed by atoms with Crippen molar-refractivity contribution < 1.29 is 0 Å². The fourth-order valence-corrected chi connectivity index (χ4v) is 1.13. The van der Waals surface area contributed by atoms with Gasteiger partial charge >= 0.3 is 0 Å². The van der Waals surface area contributed by atoms with Gasteiger partial charge in [0.05, 0.1) is 0 Å². The third-order valence-corrected chi connectivity index (χ3v) is 1.91. The van der Waals surface area contributed by atoms with E-state index in [1.54, 1.807) is 0 Å². The molecule has 0 aromatic carbocycles. The first-order valence-corrected chi connectivity index (χ1v) is 5.92. The van der Waals surface area contributed by atoms with Crippen molar-refractivity contribution in [2.45, 2.75) is 40.5 Å². The van der Waals surface area contributed by atoms with Gasteiger partial charge in [0.15, 0.2) is 0 Å². The Morgan fingerprint density at radius 1 is 1.33 bits per heavy atom. The molecule has 1 heteroatoms. The molecule has 0 aliphatic carbocycles. The standard InChI is InChI=1S/C12H21N.C2H6/c1-5-8-11-13(4)12(9-6-2)10-7-3;1-2/h6-7,9-10H,2,5,8,11H2,1,3-4H3;1-2H3/b10-7-,12-9+;. The zero-order valence-corrected chi connectivity index (χ0v) is 11.1. The molecule has 0 rings (SSSR count). The van der Waals surface area contributed by atoms with Crippen LogP contribution in [0, 0.1) is 0 Å². The van der Waals surface area contributed by atoms with E-state index in [2.05, 4.69) is 37.6 Å².